The number of carbonyl (C=O) groups is 3. The zero-order valence-electron chi connectivity index (χ0n) is 15.5. The zero-order valence-corrected chi connectivity index (χ0v) is 15.5. The molecule has 0 rings (SSSR count). The summed E-state index contributed by atoms with van der Waals surface area (Å²) in [5, 5.41) is 12.6. The molecular weight excluding hydrogens is 314 g/mol. The predicted molar refractivity (Wildman–Crippen MR) is 89.3 cm³/mol. The lowest BCUT2D eigenvalue weighted by molar-refractivity contribution is -0.156. The van der Waals surface area contributed by atoms with Crippen molar-refractivity contribution >= 4 is 18.2 Å². The van der Waals surface area contributed by atoms with Crippen molar-refractivity contribution in [2.75, 3.05) is 27.7 Å². The molecule has 0 fully saturated rings. The second kappa shape index (κ2) is 10.2. The van der Waals surface area contributed by atoms with E-state index in [2.05, 4.69) is 5.32 Å². The predicted octanol–water partition coefficient (Wildman–Crippen LogP) is 0.638. The van der Waals surface area contributed by atoms with Gasteiger partial charge in [-0.05, 0) is 20.3 Å². The van der Waals surface area contributed by atoms with Crippen molar-refractivity contribution in [3.63, 3.8) is 0 Å². The lowest BCUT2D eigenvalue weighted by atomic mass is 9.94. The number of likely N-dealkylation sites (N-methyl/N-ethyl adjacent to an activating group) is 1. The van der Waals surface area contributed by atoms with E-state index >= 15 is 0 Å². The number of ether oxygens (including phenoxy) is 1. The van der Waals surface area contributed by atoms with Gasteiger partial charge in [0.15, 0.2) is 0 Å². The van der Waals surface area contributed by atoms with Crippen LogP contribution in [0, 0.1) is 5.92 Å². The number of unbranched alkanes of at least 4 members (excludes halogenated alkanes) is 1. The topological polar surface area (TPSA) is 99.2 Å². The van der Waals surface area contributed by atoms with Crippen LogP contribution in [0.5, 0.6) is 0 Å². The first-order valence-electron chi connectivity index (χ1n) is 8.08. The van der Waals surface area contributed by atoms with Gasteiger partial charge in [-0.1, -0.05) is 19.8 Å². The van der Waals surface area contributed by atoms with Gasteiger partial charge in [0.1, 0.15) is 6.04 Å². The van der Waals surface area contributed by atoms with Crippen molar-refractivity contribution in [3.05, 3.63) is 0 Å². The summed E-state index contributed by atoms with van der Waals surface area (Å²) in [7, 11) is 4.67. The van der Waals surface area contributed by atoms with Crippen molar-refractivity contribution in [2.45, 2.75) is 51.7 Å². The van der Waals surface area contributed by atoms with E-state index in [-0.39, 0.29) is 18.9 Å². The van der Waals surface area contributed by atoms with Gasteiger partial charge in [-0.2, -0.15) is 0 Å². The van der Waals surface area contributed by atoms with Gasteiger partial charge < -0.3 is 15.0 Å². The van der Waals surface area contributed by atoms with Crippen LogP contribution in [0.25, 0.3) is 0 Å². The Morgan fingerprint density at radius 1 is 1.33 bits per heavy atom. The molecule has 140 valence electrons. The van der Waals surface area contributed by atoms with Crippen LogP contribution in [0.3, 0.4) is 0 Å². The average molecular weight is 345 g/mol. The van der Waals surface area contributed by atoms with Gasteiger partial charge in [0, 0.05) is 21.2 Å². The van der Waals surface area contributed by atoms with Crippen LogP contribution in [-0.2, 0) is 19.1 Å². The summed E-state index contributed by atoms with van der Waals surface area (Å²) >= 11 is 0. The number of methoxy groups -OCH3 is 1. The van der Waals surface area contributed by atoms with Gasteiger partial charge in [-0.15, -0.1) is 0 Å². The molecular formula is C16H31N3O5. The normalized spacial score (nSPS) is 13.8. The number of nitrogens with one attached hydrogen (secondary N) is 1. The second-order valence-corrected chi connectivity index (χ2v) is 6.55. The summed E-state index contributed by atoms with van der Waals surface area (Å²) in [5.74, 6) is -1.29. The molecule has 0 unspecified atom stereocenters. The van der Waals surface area contributed by atoms with Gasteiger partial charge in [-0.3, -0.25) is 19.6 Å². The summed E-state index contributed by atoms with van der Waals surface area (Å²) < 4.78 is 5.36. The van der Waals surface area contributed by atoms with E-state index in [1.807, 2.05) is 6.92 Å². The monoisotopic (exact) mass is 345 g/mol. The van der Waals surface area contributed by atoms with Gasteiger partial charge in [0.2, 0.25) is 18.2 Å². The molecule has 0 saturated carbocycles. The molecule has 24 heavy (non-hydrogen) atoms. The molecule has 0 aromatic rings. The molecule has 0 aliphatic heterocycles. The highest BCUT2D eigenvalue weighted by Crippen LogP contribution is 2.18. The molecule has 0 aliphatic rings. The standard InChI is InChI=1S/C16H31N3O5/c1-7-8-9-12(10-19(23)11-20)14(21)17-13(15(22)18(4)5)16(2,3)24-6/h11-13,23H,7-10H2,1-6H3,(H,17,21)/t12-,13-/m1/s1. The number of hydroxylamine groups is 2. The summed E-state index contributed by atoms with van der Waals surface area (Å²) in [6.07, 6.45) is 2.40. The molecule has 0 aromatic carbocycles. The number of hydrogen-bond acceptors (Lipinski definition) is 5. The Morgan fingerprint density at radius 3 is 2.33 bits per heavy atom. The number of rotatable bonds is 11. The highest BCUT2D eigenvalue weighted by atomic mass is 16.5. The van der Waals surface area contributed by atoms with Crippen LogP contribution in [-0.4, -0.2) is 72.8 Å². The van der Waals surface area contributed by atoms with E-state index in [0.717, 1.165) is 12.8 Å². The zero-order chi connectivity index (χ0) is 18.9. The number of carbonyl (C=O) groups excluding carboxylic acids is 3. The molecule has 0 saturated heterocycles. The van der Waals surface area contributed by atoms with E-state index in [4.69, 9.17) is 4.74 Å². The molecule has 0 aromatic heterocycles. The third kappa shape index (κ3) is 6.84. The van der Waals surface area contributed by atoms with Crippen LogP contribution in [0.2, 0.25) is 0 Å². The fourth-order valence-corrected chi connectivity index (χ4v) is 2.19. The summed E-state index contributed by atoms with van der Waals surface area (Å²) in [6.45, 7) is 5.29. The second-order valence-electron chi connectivity index (χ2n) is 6.55. The average Bonchev–Trinajstić information content (AvgIpc) is 2.54. The largest absolute Gasteiger partial charge is 0.376 e. The highest BCUT2D eigenvalue weighted by molar-refractivity contribution is 5.89. The number of hydrogen-bond donors (Lipinski definition) is 2. The summed E-state index contributed by atoms with van der Waals surface area (Å²) in [6, 6.07) is -0.877. The van der Waals surface area contributed by atoms with Gasteiger partial charge in [0.25, 0.3) is 0 Å². The van der Waals surface area contributed by atoms with Crippen LogP contribution in [0.1, 0.15) is 40.0 Å². The molecule has 0 spiro atoms. The first-order chi connectivity index (χ1) is 11.1. The van der Waals surface area contributed by atoms with Gasteiger partial charge >= 0.3 is 0 Å². The van der Waals surface area contributed by atoms with Crippen LogP contribution in [0.15, 0.2) is 0 Å². The number of nitrogens with zero attached hydrogens (tertiary/aromatic N) is 2. The maximum atomic E-state index is 12.6. The maximum Gasteiger partial charge on any atom is 0.247 e. The van der Waals surface area contributed by atoms with E-state index in [0.29, 0.717) is 11.5 Å². The van der Waals surface area contributed by atoms with Crippen molar-refractivity contribution in [3.8, 4) is 0 Å². The molecule has 3 amide bonds. The van der Waals surface area contributed by atoms with E-state index in [9.17, 15) is 19.6 Å². The molecule has 8 heteroatoms. The maximum absolute atomic E-state index is 12.6. The quantitative estimate of drug-likeness (QED) is 0.325. The molecule has 0 aliphatic carbocycles. The summed E-state index contributed by atoms with van der Waals surface area (Å²) in [4.78, 5) is 37.0. The van der Waals surface area contributed by atoms with E-state index < -0.39 is 23.5 Å². The van der Waals surface area contributed by atoms with Crippen LogP contribution < -0.4 is 5.32 Å². The highest BCUT2D eigenvalue weighted by Gasteiger charge is 2.38. The molecule has 0 radical (unpaired) electrons. The molecule has 2 atom stereocenters. The Balaban J connectivity index is 5.28. The molecule has 8 nitrogen and oxygen atoms in total. The van der Waals surface area contributed by atoms with Crippen molar-refractivity contribution in [1.29, 1.82) is 0 Å². The first kappa shape index (κ1) is 22.3. The van der Waals surface area contributed by atoms with E-state index in [1.54, 1.807) is 27.9 Å². The smallest absolute Gasteiger partial charge is 0.247 e. The lowest BCUT2D eigenvalue weighted by Gasteiger charge is -2.35. The summed E-state index contributed by atoms with van der Waals surface area (Å²) in [5.41, 5.74) is -0.907. The SMILES string of the molecule is CCCC[C@H](CN(O)C=O)C(=O)N[C@H](C(=O)N(C)C)C(C)(C)OC. The van der Waals surface area contributed by atoms with Gasteiger partial charge in [0.05, 0.1) is 18.1 Å². The fourth-order valence-electron chi connectivity index (χ4n) is 2.19. The number of amides is 3. The Hall–Kier alpha value is -1.67. The van der Waals surface area contributed by atoms with Crippen molar-refractivity contribution < 1.29 is 24.3 Å². The molecule has 2 N–H and O–H groups in total. The Kier molecular flexibility index (Phi) is 9.53. The minimum absolute atomic E-state index is 0.119. The van der Waals surface area contributed by atoms with Gasteiger partial charge in [-0.25, -0.2) is 5.06 Å². The van der Waals surface area contributed by atoms with Crippen molar-refractivity contribution in [1.82, 2.24) is 15.3 Å². The van der Waals surface area contributed by atoms with Crippen LogP contribution in [0.4, 0.5) is 0 Å². The van der Waals surface area contributed by atoms with E-state index in [1.165, 1.54) is 12.0 Å². The first-order valence-corrected chi connectivity index (χ1v) is 8.08. The Labute approximate surface area is 144 Å². The minimum Gasteiger partial charge on any atom is -0.376 e. The third-order valence-corrected chi connectivity index (χ3v) is 4.00. The molecule has 0 bridgehead atoms. The molecule has 0 heterocycles. The Bertz CT molecular complexity index is 426. The third-order valence-electron chi connectivity index (χ3n) is 4.00. The fraction of sp³-hybridized carbons (Fsp3) is 0.812. The van der Waals surface area contributed by atoms with Crippen molar-refractivity contribution in [2.24, 2.45) is 5.92 Å². The Morgan fingerprint density at radius 2 is 1.92 bits per heavy atom. The van der Waals surface area contributed by atoms with Crippen LogP contribution >= 0.6 is 0 Å². The minimum atomic E-state index is -0.907. The lowest BCUT2D eigenvalue weighted by Crippen LogP contribution is -2.59.